The molecule has 0 bridgehead atoms. The number of nitrogens with one attached hydrogen (secondary N) is 1. The first kappa shape index (κ1) is 14.7. The van der Waals surface area contributed by atoms with E-state index in [-0.39, 0.29) is 16.8 Å². The van der Waals surface area contributed by atoms with Crippen LogP contribution in [0.15, 0.2) is 10.9 Å². The minimum atomic E-state index is -0.215. The number of amides is 1. The summed E-state index contributed by atoms with van der Waals surface area (Å²) in [5, 5.41) is 0.234. The molecule has 3 rings (SSSR count). The van der Waals surface area contributed by atoms with Crippen molar-refractivity contribution in [2.24, 2.45) is 0 Å². The number of nitrogens with zero attached hydrogens (tertiary/aromatic N) is 1. The number of hydrogen-bond acceptors (Lipinski definition) is 3. The van der Waals surface area contributed by atoms with Gasteiger partial charge in [-0.1, -0.05) is 13.3 Å². The van der Waals surface area contributed by atoms with E-state index in [4.69, 9.17) is 0 Å². The van der Waals surface area contributed by atoms with Gasteiger partial charge in [0.25, 0.3) is 11.5 Å². The SMILES string of the molecule is CCC[C@@H]1SCCN1C(=O)c1cc2c([nH]c1=O)CCCC2. The van der Waals surface area contributed by atoms with E-state index in [1.54, 1.807) is 0 Å². The Morgan fingerprint density at radius 1 is 1.43 bits per heavy atom. The molecule has 114 valence electrons. The standard InChI is InChI=1S/C16H22N2O2S/c1-2-5-14-18(8-9-21-14)16(20)12-10-11-6-3-4-7-13(11)17-15(12)19/h10,14H,2-9H2,1H3,(H,17,19)/t14-/m0/s1. The lowest BCUT2D eigenvalue weighted by atomic mass is 9.95. The van der Waals surface area contributed by atoms with Gasteiger partial charge in [0.15, 0.2) is 0 Å². The molecule has 2 heterocycles. The zero-order valence-electron chi connectivity index (χ0n) is 12.5. The third kappa shape index (κ3) is 2.89. The zero-order chi connectivity index (χ0) is 14.8. The van der Waals surface area contributed by atoms with E-state index in [1.807, 2.05) is 22.7 Å². The summed E-state index contributed by atoms with van der Waals surface area (Å²) >= 11 is 1.83. The summed E-state index contributed by atoms with van der Waals surface area (Å²) in [7, 11) is 0. The van der Waals surface area contributed by atoms with Gasteiger partial charge in [0, 0.05) is 18.0 Å². The zero-order valence-corrected chi connectivity index (χ0v) is 13.3. The predicted octanol–water partition coefficient (Wildman–Crippen LogP) is 2.57. The highest BCUT2D eigenvalue weighted by molar-refractivity contribution is 8.00. The molecule has 1 N–H and O–H groups in total. The largest absolute Gasteiger partial charge is 0.326 e. The fourth-order valence-electron chi connectivity index (χ4n) is 3.23. The fourth-order valence-corrected chi connectivity index (χ4v) is 4.59. The van der Waals surface area contributed by atoms with E-state index in [1.165, 1.54) is 0 Å². The average Bonchev–Trinajstić information content (AvgIpc) is 2.94. The van der Waals surface area contributed by atoms with Gasteiger partial charge in [0.05, 0.1) is 5.37 Å². The first-order valence-corrected chi connectivity index (χ1v) is 8.93. The van der Waals surface area contributed by atoms with Crippen LogP contribution in [-0.2, 0) is 12.8 Å². The lowest BCUT2D eigenvalue weighted by Crippen LogP contribution is -2.38. The molecule has 0 unspecified atom stereocenters. The second-order valence-corrected chi connectivity index (χ2v) is 7.12. The summed E-state index contributed by atoms with van der Waals surface area (Å²) in [6.45, 7) is 2.89. The topological polar surface area (TPSA) is 53.2 Å². The molecule has 1 aromatic rings. The van der Waals surface area contributed by atoms with Crippen LogP contribution in [0.4, 0.5) is 0 Å². The molecule has 1 atom stereocenters. The number of aromatic nitrogens is 1. The molecule has 1 aliphatic heterocycles. The Morgan fingerprint density at radius 2 is 2.24 bits per heavy atom. The first-order valence-electron chi connectivity index (χ1n) is 7.88. The number of rotatable bonds is 3. The Kier molecular flexibility index (Phi) is 4.38. The van der Waals surface area contributed by atoms with Crippen molar-refractivity contribution in [1.29, 1.82) is 0 Å². The molecule has 21 heavy (non-hydrogen) atoms. The van der Waals surface area contributed by atoms with Crippen LogP contribution in [0.3, 0.4) is 0 Å². The summed E-state index contributed by atoms with van der Waals surface area (Å²) < 4.78 is 0. The van der Waals surface area contributed by atoms with Crippen LogP contribution in [0.25, 0.3) is 0 Å². The molecule has 0 saturated carbocycles. The van der Waals surface area contributed by atoms with Gasteiger partial charge in [0.1, 0.15) is 5.56 Å². The van der Waals surface area contributed by atoms with Crippen LogP contribution in [0.2, 0.25) is 0 Å². The number of hydrogen-bond donors (Lipinski definition) is 1. The van der Waals surface area contributed by atoms with Crippen LogP contribution in [-0.4, -0.2) is 33.5 Å². The summed E-state index contributed by atoms with van der Waals surface area (Å²) in [5.41, 5.74) is 2.30. The lowest BCUT2D eigenvalue weighted by Gasteiger charge is -2.24. The van der Waals surface area contributed by atoms with Crippen molar-refractivity contribution in [2.75, 3.05) is 12.3 Å². The minimum Gasteiger partial charge on any atom is -0.326 e. The Balaban J connectivity index is 1.89. The molecule has 1 fully saturated rings. The van der Waals surface area contributed by atoms with Crippen molar-refractivity contribution in [1.82, 2.24) is 9.88 Å². The monoisotopic (exact) mass is 306 g/mol. The summed E-state index contributed by atoms with van der Waals surface area (Å²) in [4.78, 5) is 29.8. The van der Waals surface area contributed by atoms with Gasteiger partial charge < -0.3 is 9.88 Å². The van der Waals surface area contributed by atoms with E-state index in [0.717, 1.165) is 62.1 Å². The second-order valence-electron chi connectivity index (χ2n) is 5.84. The highest BCUT2D eigenvalue weighted by Crippen LogP contribution is 2.29. The van der Waals surface area contributed by atoms with Gasteiger partial charge >= 0.3 is 0 Å². The maximum atomic E-state index is 12.7. The predicted molar refractivity (Wildman–Crippen MR) is 85.9 cm³/mol. The first-order chi connectivity index (χ1) is 10.2. The molecular formula is C16H22N2O2S. The number of aryl methyl sites for hydroxylation is 2. The molecule has 5 heteroatoms. The van der Waals surface area contributed by atoms with Gasteiger partial charge in [-0.25, -0.2) is 0 Å². The molecule has 2 aliphatic rings. The molecule has 1 amide bonds. The van der Waals surface area contributed by atoms with Gasteiger partial charge in [0.2, 0.25) is 0 Å². The average molecular weight is 306 g/mol. The normalized spacial score (nSPS) is 21.4. The number of aromatic amines is 1. The lowest BCUT2D eigenvalue weighted by molar-refractivity contribution is 0.0754. The minimum absolute atomic E-state index is 0.0897. The maximum absolute atomic E-state index is 12.7. The van der Waals surface area contributed by atoms with Crippen molar-refractivity contribution in [2.45, 2.75) is 50.8 Å². The highest BCUT2D eigenvalue weighted by Gasteiger charge is 2.31. The second kappa shape index (κ2) is 6.26. The van der Waals surface area contributed by atoms with E-state index < -0.39 is 0 Å². The van der Waals surface area contributed by atoms with Crippen molar-refractivity contribution >= 4 is 17.7 Å². The third-order valence-corrected chi connectivity index (χ3v) is 5.65. The molecule has 1 saturated heterocycles. The Morgan fingerprint density at radius 3 is 3.05 bits per heavy atom. The van der Waals surface area contributed by atoms with E-state index >= 15 is 0 Å². The number of carbonyl (C=O) groups excluding carboxylic acids is 1. The van der Waals surface area contributed by atoms with Gasteiger partial charge in [-0.15, -0.1) is 11.8 Å². The molecule has 0 aromatic carbocycles. The summed E-state index contributed by atoms with van der Waals surface area (Å²) in [6.07, 6.45) is 6.22. The third-order valence-electron chi connectivity index (χ3n) is 4.36. The molecule has 0 radical (unpaired) electrons. The van der Waals surface area contributed by atoms with Crippen molar-refractivity contribution in [3.05, 3.63) is 33.2 Å². The highest BCUT2D eigenvalue weighted by atomic mass is 32.2. The van der Waals surface area contributed by atoms with Crippen molar-refractivity contribution in [3.8, 4) is 0 Å². The number of H-pyrrole nitrogens is 1. The van der Waals surface area contributed by atoms with Crippen molar-refractivity contribution < 1.29 is 4.79 Å². The molecule has 0 spiro atoms. The van der Waals surface area contributed by atoms with Crippen LogP contribution in [0.5, 0.6) is 0 Å². The smallest absolute Gasteiger partial charge is 0.261 e. The molecular weight excluding hydrogens is 284 g/mol. The number of thioether (sulfide) groups is 1. The van der Waals surface area contributed by atoms with Gasteiger partial charge in [-0.05, 0) is 43.7 Å². The maximum Gasteiger partial charge on any atom is 0.261 e. The van der Waals surface area contributed by atoms with E-state index in [0.29, 0.717) is 5.56 Å². The molecule has 1 aliphatic carbocycles. The van der Waals surface area contributed by atoms with Crippen LogP contribution in [0, 0.1) is 0 Å². The summed E-state index contributed by atoms with van der Waals surface area (Å²) in [6, 6.07) is 1.85. The van der Waals surface area contributed by atoms with Gasteiger partial charge in [-0.3, -0.25) is 9.59 Å². The van der Waals surface area contributed by atoms with E-state index in [9.17, 15) is 9.59 Å². The Hall–Kier alpha value is -1.23. The Labute approximate surface area is 129 Å². The number of fused-ring (bicyclic) bond motifs is 1. The summed E-state index contributed by atoms with van der Waals surface area (Å²) in [5.74, 6) is 0.882. The van der Waals surface area contributed by atoms with Crippen molar-refractivity contribution in [3.63, 3.8) is 0 Å². The van der Waals surface area contributed by atoms with Crippen LogP contribution in [0.1, 0.15) is 54.2 Å². The van der Waals surface area contributed by atoms with Gasteiger partial charge in [-0.2, -0.15) is 0 Å². The molecule has 1 aromatic heterocycles. The van der Waals surface area contributed by atoms with E-state index in [2.05, 4.69) is 11.9 Å². The fraction of sp³-hybridized carbons (Fsp3) is 0.625. The number of carbonyl (C=O) groups is 1. The number of pyridine rings is 1. The molecule has 4 nitrogen and oxygen atoms in total. The Bertz CT molecular complexity index is 596. The van der Waals surface area contributed by atoms with Crippen LogP contribution >= 0.6 is 11.8 Å². The quantitative estimate of drug-likeness (QED) is 0.934. The van der Waals surface area contributed by atoms with Crippen LogP contribution < -0.4 is 5.56 Å².